The summed E-state index contributed by atoms with van der Waals surface area (Å²) in [6, 6.07) is 28.6. The number of fused-ring (bicyclic) bond motifs is 3. The summed E-state index contributed by atoms with van der Waals surface area (Å²) in [4.78, 5) is 3.60. The maximum Gasteiger partial charge on any atom is 0.0551 e. The van der Waals surface area contributed by atoms with E-state index in [0.717, 1.165) is 44.0 Å². The SMILES string of the molecule is Nc1ccccc1-c1ccc2c([nH]c3ccccc32)c1-c1ccccc1Cl. The fraction of sp³-hybridized carbons (Fsp3) is 0. The molecule has 27 heavy (non-hydrogen) atoms. The van der Waals surface area contributed by atoms with Crippen LogP contribution in [0.2, 0.25) is 5.02 Å². The summed E-state index contributed by atoms with van der Waals surface area (Å²) in [6.45, 7) is 0. The van der Waals surface area contributed by atoms with Crippen molar-refractivity contribution >= 4 is 39.1 Å². The predicted molar refractivity (Wildman–Crippen MR) is 116 cm³/mol. The van der Waals surface area contributed by atoms with Gasteiger partial charge in [0.25, 0.3) is 0 Å². The number of benzene rings is 4. The average Bonchev–Trinajstić information content (AvgIpc) is 3.07. The normalized spacial score (nSPS) is 11.3. The zero-order valence-electron chi connectivity index (χ0n) is 14.5. The fourth-order valence-electron chi connectivity index (χ4n) is 3.83. The molecule has 0 fully saturated rings. The van der Waals surface area contributed by atoms with Crippen LogP contribution >= 0.6 is 11.6 Å². The van der Waals surface area contributed by atoms with E-state index in [0.29, 0.717) is 0 Å². The van der Waals surface area contributed by atoms with Crippen LogP contribution in [-0.4, -0.2) is 4.98 Å². The third-order valence-corrected chi connectivity index (χ3v) is 5.41. The van der Waals surface area contributed by atoms with Crippen LogP contribution in [0.1, 0.15) is 0 Å². The molecule has 1 aromatic heterocycles. The first-order valence-corrected chi connectivity index (χ1v) is 9.25. The van der Waals surface area contributed by atoms with Crippen molar-refractivity contribution in [2.45, 2.75) is 0 Å². The van der Waals surface area contributed by atoms with E-state index in [4.69, 9.17) is 17.3 Å². The van der Waals surface area contributed by atoms with Crippen LogP contribution in [0, 0.1) is 0 Å². The molecule has 5 rings (SSSR count). The van der Waals surface area contributed by atoms with E-state index < -0.39 is 0 Å². The van der Waals surface area contributed by atoms with E-state index in [1.54, 1.807) is 0 Å². The molecule has 130 valence electrons. The highest BCUT2D eigenvalue weighted by atomic mass is 35.5. The maximum absolute atomic E-state index is 6.61. The Bertz CT molecular complexity index is 1300. The van der Waals surface area contributed by atoms with Crippen LogP contribution in [0.3, 0.4) is 0 Å². The second-order valence-electron chi connectivity index (χ2n) is 6.65. The quantitative estimate of drug-likeness (QED) is 0.327. The minimum atomic E-state index is 0.722. The van der Waals surface area contributed by atoms with E-state index >= 15 is 0 Å². The average molecular weight is 369 g/mol. The van der Waals surface area contributed by atoms with E-state index in [-0.39, 0.29) is 0 Å². The highest BCUT2D eigenvalue weighted by Crippen LogP contribution is 2.43. The molecule has 0 unspecified atom stereocenters. The van der Waals surface area contributed by atoms with Gasteiger partial charge >= 0.3 is 0 Å². The third-order valence-electron chi connectivity index (χ3n) is 5.08. The molecule has 5 aromatic rings. The Morgan fingerprint density at radius 1 is 0.630 bits per heavy atom. The van der Waals surface area contributed by atoms with Gasteiger partial charge in [0.1, 0.15) is 0 Å². The molecular weight excluding hydrogens is 352 g/mol. The van der Waals surface area contributed by atoms with Gasteiger partial charge < -0.3 is 10.7 Å². The number of nitrogens with two attached hydrogens (primary N) is 1. The number of nitrogens with one attached hydrogen (secondary N) is 1. The van der Waals surface area contributed by atoms with Crippen molar-refractivity contribution < 1.29 is 0 Å². The lowest BCUT2D eigenvalue weighted by Gasteiger charge is -2.15. The van der Waals surface area contributed by atoms with Crippen molar-refractivity contribution in [1.29, 1.82) is 0 Å². The monoisotopic (exact) mass is 368 g/mol. The minimum Gasteiger partial charge on any atom is -0.398 e. The van der Waals surface area contributed by atoms with E-state index in [9.17, 15) is 0 Å². The van der Waals surface area contributed by atoms with Gasteiger partial charge in [0.15, 0.2) is 0 Å². The molecular formula is C24H17ClN2. The van der Waals surface area contributed by atoms with Gasteiger partial charge in [-0.05, 0) is 23.8 Å². The molecule has 3 heteroatoms. The summed E-state index contributed by atoms with van der Waals surface area (Å²) in [5, 5.41) is 3.10. The Balaban J connectivity index is 1.96. The molecule has 4 aromatic carbocycles. The first-order valence-electron chi connectivity index (χ1n) is 8.87. The van der Waals surface area contributed by atoms with Crippen molar-refractivity contribution in [2.75, 3.05) is 5.73 Å². The molecule has 0 spiro atoms. The Hall–Kier alpha value is -3.23. The Kier molecular flexibility index (Phi) is 3.66. The van der Waals surface area contributed by atoms with E-state index in [1.807, 2.05) is 42.5 Å². The Morgan fingerprint density at radius 3 is 2.15 bits per heavy atom. The Morgan fingerprint density at radius 2 is 1.33 bits per heavy atom. The van der Waals surface area contributed by atoms with E-state index in [2.05, 4.69) is 47.4 Å². The zero-order valence-corrected chi connectivity index (χ0v) is 15.3. The molecule has 2 nitrogen and oxygen atoms in total. The van der Waals surface area contributed by atoms with Gasteiger partial charge in [0.2, 0.25) is 0 Å². The highest BCUT2D eigenvalue weighted by molar-refractivity contribution is 6.34. The number of para-hydroxylation sites is 2. The van der Waals surface area contributed by atoms with Crippen LogP contribution < -0.4 is 5.73 Å². The summed E-state index contributed by atoms with van der Waals surface area (Å²) in [5.74, 6) is 0. The summed E-state index contributed by atoms with van der Waals surface area (Å²) < 4.78 is 0. The lowest BCUT2D eigenvalue weighted by atomic mass is 9.91. The van der Waals surface area contributed by atoms with Crippen molar-refractivity contribution in [3.63, 3.8) is 0 Å². The number of H-pyrrole nitrogens is 1. The molecule has 1 heterocycles. The van der Waals surface area contributed by atoms with Crippen LogP contribution in [-0.2, 0) is 0 Å². The molecule has 3 N–H and O–H groups in total. The molecule has 0 saturated carbocycles. The topological polar surface area (TPSA) is 41.8 Å². The lowest BCUT2D eigenvalue weighted by Crippen LogP contribution is -1.93. The molecule has 0 aliphatic carbocycles. The first kappa shape index (κ1) is 16.0. The number of nitrogen functional groups attached to an aromatic ring is 1. The van der Waals surface area contributed by atoms with Gasteiger partial charge in [-0.15, -0.1) is 0 Å². The van der Waals surface area contributed by atoms with Crippen LogP contribution in [0.4, 0.5) is 5.69 Å². The fourth-order valence-corrected chi connectivity index (χ4v) is 4.06. The minimum absolute atomic E-state index is 0.722. The number of hydrogen-bond acceptors (Lipinski definition) is 1. The third kappa shape index (κ3) is 2.49. The summed E-state index contributed by atoms with van der Waals surface area (Å²) in [7, 11) is 0. The zero-order chi connectivity index (χ0) is 18.4. The van der Waals surface area contributed by atoms with Crippen molar-refractivity contribution in [1.82, 2.24) is 4.98 Å². The van der Waals surface area contributed by atoms with Crippen LogP contribution in [0.25, 0.3) is 44.1 Å². The second kappa shape index (κ2) is 6.19. The Labute approximate surface area is 162 Å². The van der Waals surface area contributed by atoms with Gasteiger partial charge in [-0.25, -0.2) is 0 Å². The molecule has 0 saturated heterocycles. The standard InChI is InChI=1S/C24H17ClN2/c25-20-10-4-1-9-19(20)23-17(15-7-2-5-11-21(15)26)13-14-18-16-8-3-6-12-22(16)27-24(18)23/h1-14,27H,26H2. The maximum atomic E-state index is 6.61. The molecule has 0 aliphatic heterocycles. The van der Waals surface area contributed by atoms with E-state index in [1.165, 1.54) is 10.8 Å². The smallest absolute Gasteiger partial charge is 0.0551 e. The highest BCUT2D eigenvalue weighted by Gasteiger charge is 2.18. The summed E-state index contributed by atoms with van der Waals surface area (Å²) in [6.07, 6.45) is 0. The van der Waals surface area contributed by atoms with Gasteiger partial charge in [-0.1, -0.05) is 78.3 Å². The number of aromatic nitrogens is 1. The molecule has 0 amide bonds. The molecule has 0 aliphatic rings. The van der Waals surface area contributed by atoms with Crippen molar-refractivity contribution in [3.05, 3.63) is 90.0 Å². The number of hydrogen-bond donors (Lipinski definition) is 2. The largest absolute Gasteiger partial charge is 0.398 e. The first-order chi connectivity index (χ1) is 13.2. The summed E-state index contributed by atoms with van der Waals surface area (Å²) >= 11 is 6.61. The summed E-state index contributed by atoms with van der Waals surface area (Å²) in [5.41, 5.74) is 13.4. The number of rotatable bonds is 2. The number of anilines is 1. The van der Waals surface area contributed by atoms with Gasteiger partial charge in [0, 0.05) is 43.7 Å². The van der Waals surface area contributed by atoms with Gasteiger partial charge in [-0.3, -0.25) is 0 Å². The van der Waals surface area contributed by atoms with Crippen molar-refractivity contribution in [2.24, 2.45) is 0 Å². The second-order valence-corrected chi connectivity index (χ2v) is 7.06. The van der Waals surface area contributed by atoms with Crippen LogP contribution in [0.5, 0.6) is 0 Å². The van der Waals surface area contributed by atoms with Gasteiger partial charge in [0.05, 0.1) is 5.52 Å². The molecule has 0 bridgehead atoms. The molecule has 0 atom stereocenters. The predicted octanol–water partition coefficient (Wildman–Crippen LogP) is 6.89. The van der Waals surface area contributed by atoms with Gasteiger partial charge in [-0.2, -0.15) is 0 Å². The molecule has 0 radical (unpaired) electrons. The van der Waals surface area contributed by atoms with Crippen molar-refractivity contribution in [3.8, 4) is 22.3 Å². The number of halogens is 1. The lowest BCUT2D eigenvalue weighted by molar-refractivity contribution is 1.53. The number of aromatic amines is 1. The van der Waals surface area contributed by atoms with Crippen LogP contribution in [0.15, 0.2) is 84.9 Å².